The molecule has 0 bridgehead atoms. The zero-order valence-corrected chi connectivity index (χ0v) is 19.1. The summed E-state index contributed by atoms with van der Waals surface area (Å²) >= 11 is 0. The number of nitrogens with zero attached hydrogens (tertiary/aromatic N) is 3. The van der Waals surface area contributed by atoms with E-state index >= 15 is 0 Å². The lowest BCUT2D eigenvalue weighted by Crippen LogP contribution is -2.50. The predicted octanol–water partition coefficient (Wildman–Crippen LogP) is 0.281. The quantitative estimate of drug-likeness (QED) is 0.463. The molecule has 0 spiro atoms. The maximum atomic E-state index is 12.5. The van der Waals surface area contributed by atoms with Crippen LogP contribution in [-0.4, -0.2) is 106 Å². The minimum Gasteiger partial charge on any atom is -0.444 e. The molecule has 0 saturated carbocycles. The third kappa shape index (κ3) is 7.64. The molecule has 0 aromatic carbocycles. The molecule has 2 fully saturated rings. The zero-order chi connectivity index (χ0) is 22.3. The lowest BCUT2D eigenvalue weighted by atomic mass is 10.1. The second-order valence-corrected chi connectivity index (χ2v) is 8.97. The van der Waals surface area contributed by atoms with Gasteiger partial charge in [0.15, 0.2) is 5.96 Å². The van der Waals surface area contributed by atoms with Crippen LogP contribution in [0.15, 0.2) is 4.99 Å². The first-order valence-corrected chi connectivity index (χ1v) is 10.4. The third-order valence-corrected chi connectivity index (χ3v) is 5.00. The minimum atomic E-state index is -0.560. The van der Waals surface area contributed by atoms with Gasteiger partial charge in [-0.15, -0.1) is 0 Å². The zero-order valence-electron chi connectivity index (χ0n) is 19.1. The van der Waals surface area contributed by atoms with E-state index in [0.717, 1.165) is 13.0 Å². The average Bonchev–Trinajstić information content (AvgIpc) is 3.31. The maximum Gasteiger partial charge on any atom is 0.410 e. The highest BCUT2D eigenvalue weighted by Gasteiger charge is 2.38. The van der Waals surface area contributed by atoms with E-state index in [4.69, 9.17) is 14.2 Å². The van der Waals surface area contributed by atoms with Crippen LogP contribution < -0.4 is 10.6 Å². The smallest absolute Gasteiger partial charge is 0.410 e. The molecule has 2 amide bonds. The van der Waals surface area contributed by atoms with E-state index < -0.39 is 5.60 Å². The first kappa shape index (κ1) is 24.2. The average molecular weight is 428 g/mol. The molecule has 172 valence electrons. The van der Waals surface area contributed by atoms with Crippen LogP contribution >= 0.6 is 0 Å². The molecule has 10 heteroatoms. The molecule has 2 aliphatic rings. The summed E-state index contributed by atoms with van der Waals surface area (Å²) in [5, 5.41) is 6.64. The van der Waals surface area contributed by atoms with E-state index in [9.17, 15) is 9.59 Å². The summed E-state index contributed by atoms with van der Waals surface area (Å²) in [5.41, 5.74) is -0.560. The van der Waals surface area contributed by atoms with Gasteiger partial charge in [0.05, 0.1) is 25.3 Å². The van der Waals surface area contributed by atoms with Crippen LogP contribution in [0.3, 0.4) is 0 Å². The van der Waals surface area contributed by atoms with Crippen LogP contribution in [0.1, 0.15) is 27.2 Å². The van der Waals surface area contributed by atoms with Gasteiger partial charge in [0, 0.05) is 46.8 Å². The number of carbonyl (C=O) groups is 2. The van der Waals surface area contributed by atoms with Crippen molar-refractivity contribution in [2.75, 3.05) is 60.6 Å². The fourth-order valence-electron chi connectivity index (χ4n) is 3.23. The monoisotopic (exact) mass is 427 g/mol. The van der Waals surface area contributed by atoms with E-state index in [0.29, 0.717) is 38.1 Å². The summed E-state index contributed by atoms with van der Waals surface area (Å²) in [6, 6.07) is -0.178. The summed E-state index contributed by atoms with van der Waals surface area (Å²) in [6.45, 7) is 8.57. The number of amides is 2. The van der Waals surface area contributed by atoms with E-state index in [2.05, 4.69) is 15.6 Å². The second kappa shape index (κ2) is 10.8. The first-order chi connectivity index (χ1) is 14.1. The lowest BCUT2D eigenvalue weighted by Gasteiger charge is -2.24. The van der Waals surface area contributed by atoms with Crippen molar-refractivity contribution in [1.82, 2.24) is 20.4 Å². The highest BCUT2D eigenvalue weighted by molar-refractivity contribution is 5.85. The van der Waals surface area contributed by atoms with Gasteiger partial charge in [-0.2, -0.15) is 0 Å². The van der Waals surface area contributed by atoms with Crippen molar-refractivity contribution in [2.24, 2.45) is 10.9 Å². The summed E-state index contributed by atoms with van der Waals surface area (Å²) in [6.07, 6.45) is 0.406. The fraction of sp³-hybridized carbons (Fsp3) is 0.850. The number of hydrogen-bond donors (Lipinski definition) is 2. The van der Waals surface area contributed by atoms with E-state index in [1.807, 2.05) is 20.8 Å². The number of hydrogen-bond acceptors (Lipinski definition) is 6. The van der Waals surface area contributed by atoms with Gasteiger partial charge in [-0.1, -0.05) is 0 Å². The molecular formula is C20H37N5O5. The summed E-state index contributed by atoms with van der Waals surface area (Å²) in [7, 11) is 5.02. The van der Waals surface area contributed by atoms with Gasteiger partial charge in [-0.3, -0.25) is 4.79 Å². The SMILES string of the molecule is CO[C@H]1CN(C(=O)OC(C)(C)C)CC1NC(=NCC(=O)N(C)C)NCC1CCOC1. The molecule has 2 N–H and O–H groups in total. The molecule has 2 saturated heterocycles. The van der Waals surface area contributed by atoms with Crippen LogP contribution in [0.2, 0.25) is 0 Å². The van der Waals surface area contributed by atoms with Gasteiger partial charge in [0.1, 0.15) is 12.1 Å². The number of aliphatic imine (C=N–C) groups is 1. The Kier molecular flexibility index (Phi) is 8.72. The first-order valence-electron chi connectivity index (χ1n) is 10.4. The van der Waals surface area contributed by atoms with Gasteiger partial charge < -0.3 is 34.6 Å². The lowest BCUT2D eigenvalue weighted by molar-refractivity contribution is -0.127. The molecule has 0 aromatic rings. The molecular weight excluding hydrogens is 390 g/mol. The van der Waals surface area contributed by atoms with Crippen LogP contribution in [-0.2, 0) is 19.0 Å². The van der Waals surface area contributed by atoms with E-state index in [1.165, 1.54) is 4.90 Å². The van der Waals surface area contributed by atoms with Crippen LogP contribution in [0.5, 0.6) is 0 Å². The van der Waals surface area contributed by atoms with Crippen molar-refractivity contribution >= 4 is 18.0 Å². The van der Waals surface area contributed by atoms with Crippen molar-refractivity contribution in [2.45, 2.75) is 44.9 Å². The Morgan fingerprint density at radius 2 is 2.00 bits per heavy atom. The summed E-state index contributed by atoms with van der Waals surface area (Å²) in [5.74, 6) is 0.835. The predicted molar refractivity (Wildman–Crippen MR) is 113 cm³/mol. The molecule has 3 atom stereocenters. The van der Waals surface area contributed by atoms with Crippen LogP contribution in [0.4, 0.5) is 4.79 Å². The van der Waals surface area contributed by atoms with Gasteiger partial charge in [0.25, 0.3) is 0 Å². The van der Waals surface area contributed by atoms with Crippen molar-refractivity contribution in [3.63, 3.8) is 0 Å². The number of likely N-dealkylation sites (N-methyl/N-ethyl adjacent to an activating group) is 1. The Morgan fingerprint density at radius 1 is 1.27 bits per heavy atom. The number of rotatable bonds is 6. The minimum absolute atomic E-state index is 0.0314. The Balaban J connectivity index is 2.02. The Bertz CT molecular complexity index is 613. The van der Waals surface area contributed by atoms with Crippen LogP contribution in [0, 0.1) is 5.92 Å². The number of nitrogens with one attached hydrogen (secondary N) is 2. The molecule has 2 unspecified atom stereocenters. The normalized spacial score (nSPS) is 24.7. The summed E-state index contributed by atoms with van der Waals surface area (Å²) < 4.78 is 16.5. The molecule has 2 aliphatic heterocycles. The molecule has 30 heavy (non-hydrogen) atoms. The van der Waals surface area contributed by atoms with Crippen molar-refractivity contribution < 1.29 is 23.8 Å². The topological polar surface area (TPSA) is 105 Å². The standard InChI is InChI=1S/C20H37N5O5/c1-20(2,3)30-19(27)25-11-15(16(12-25)28-6)23-18(22-10-17(26)24(4)5)21-9-14-7-8-29-13-14/h14-16H,7-13H2,1-6H3,(H2,21,22,23)/t14?,15?,16-/m0/s1. The number of likely N-dealkylation sites (tertiary alicyclic amines) is 1. The maximum absolute atomic E-state index is 12.5. The Hall–Kier alpha value is -2.07. The van der Waals surface area contributed by atoms with Crippen molar-refractivity contribution in [3.8, 4) is 0 Å². The number of guanidine groups is 1. The van der Waals surface area contributed by atoms with Crippen LogP contribution in [0.25, 0.3) is 0 Å². The molecule has 0 aliphatic carbocycles. The molecule has 2 rings (SSSR count). The molecule has 10 nitrogen and oxygen atoms in total. The largest absolute Gasteiger partial charge is 0.444 e. The van der Waals surface area contributed by atoms with Gasteiger partial charge >= 0.3 is 6.09 Å². The highest BCUT2D eigenvalue weighted by Crippen LogP contribution is 2.18. The Morgan fingerprint density at radius 3 is 2.57 bits per heavy atom. The van der Waals surface area contributed by atoms with Gasteiger partial charge in [0.2, 0.25) is 5.91 Å². The second-order valence-electron chi connectivity index (χ2n) is 8.97. The highest BCUT2D eigenvalue weighted by atomic mass is 16.6. The molecule has 0 radical (unpaired) electrons. The number of ether oxygens (including phenoxy) is 3. The van der Waals surface area contributed by atoms with Gasteiger partial charge in [-0.25, -0.2) is 9.79 Å². The van der Waals surface area contributed by atoms with E-state index in [1.54, 1.807) is 26.1 Å². The third-order valence-electron chi connectivity index (χ3n) is 5.00. The molecule has 0 aromatic heterocycles. The Labute approximate surface area is 179 Å². The van der Waals surface area contributed by atoms with Crippen molar-refractivity contribution in [1.29, 1.82) is 0 Å². The summed E-state index contributed by atoms with van der Waals surface area (Å²) in [4.78, 5) is 32.0. The number of carbonyl (C=O) groups excluding carboxylic acids is 2. The number of methoxy groups -OCH3 is 1. The van der Waals surface area contributed by atoms with E-state index in [-0.39, 0.29) is 30.7 Å². The molecule has 2 heterocycles. The van der Waals surface area contributed by atoms with Crippen molar-refractivity contribution in [3.05, 3.63) is 0 Å². The van der Waals surface area contributed by atoms with Gasteiger partial charge in [-0.05, 0) is 27.2 Å². The fourth-order valence-corrected chi connectivity index (χ4v) is 3.23.